The van der Waals surface area contributed by atoms with Gasteiger partial charge in [0.25, 0.3) is 0 Å². The number of ether oxygens (including phenoxy) is 1. The Morgan fingerprint density at radius 1 is 1.11 bits per heavy atom. The smallest absolute Gasteiger partial charge is 0.410 e. The molecular formula is C21H30N2O3Si. The molecule has 0 bridgehead atoms. The van der Waals surface area contributed by atoms with Gasteiger partial charge in [0.2, 0.25) is 0 Å². The van der Waals surface area contributed by atoms with Gasteiger partial charge in [0.05, 0.1) is 0 Å². The molecule has 1 heterocycles. The van der Waals surface area contributed by atoms with Crippen LogP contribution in [0.2, 0.25) is 19.6 Å². The van der Waals surface area contributed by atoms with Crippen LogP contribution in [0.15, 0.2) is 18.2 Å². The monoisotopic (exact) mass is 386 g/mol. The number of hydrogen-bond donors (Lipinski definition) is 0. The van der Waals surface area contributed by atoms with Crippen LogP contribution < -0.4 is 4.90 Å². The van der Waals surface area contributed by atoms with Crippen LogP contribution in [0.25, 0.3) is 0 Å². The summed E-state index contributed by atoms with van der Waals surface area (Å²) in [4.78, 5) is 27.5. The molecule has 1 aliphatic heterocycles. The first-order chi connectivity index (χ1) is 12.5. The molecule has 1 aromatic rings. The molecule has 5 nitrogen and oxygen atoms in total. The van der Waals surface area contributed by atoms with Gasteiger partial charge >= 0.3 is 6.09 Å². The number of carbonyl (C=O) groups is 2. The predicted molar refractivity (Wildman–Crippen MR) is 112 cm³/mol. The van der Waals surface area contributed by atoms with Gasteiger partial charge in [-0.25, -0.2) is 4.79 Å². The van der Waals surface area contributed by atoms with Crippen molar-refractivity contribution in [2.75, 3.05) is 31.1 Å². The third kappa shape index (κ3) is 6.76. The topological polar surface area (TPSA) is 49.9 Å². The second kappa shape index (κ2) is 8.18. The molecule has 0 atom stereocenters. The fraction of sp³-hybridized carbons (Fsp3) is 0.524. The number of hydrogen-bond acceptors (Lipinski definition) is 4. The van der Waals surface area contributed by atoms with Gasteiger partial charge in [0, 0.05) is 43.0 Å². The summed E-state index contributed by atoms with van der Waals surface area (Å²) in [5.41, 5.74) is 5.33. The molecule has 146 valence electrons. The second-order valence-corrected chi connectivity index (χ2v) is 13.6. The van der Waals surface area contributed by atoms with Gasteiger partial charge in [0.15, 0.2) is 0 Å². The standard InChI is InChI=1S/C21H30N2O3Si/c1-21(2,3)26-20(25)23-10-8-22(9-11-23)19-14-17(7-12-27(4,5)6)13-18(15-19)16-24/h13-16H,8-11H2,1-6H3. The molecule has 1 saturated heterocycles. The van der Waals surface area contributed by atoms with E-state index >= 15 is 0 Å². The lowest BCUT2D eigenvalue weighted by atomic mass is 10.1. The van der Waals surface area contributed by atoms with Crippen molar-refractivity contribution in [1.82, 2.24) is 4.90 Å². The lowest BCUT2D eigenvalue weighted by Crippen LogP contribution is -2.50. The molecule has 6 heteroatoms. The largest absolute Gasteiger partial charge is 0.444 e. The zero-order chi connectivity index (χ0) is 20.2. The first-order valence-corrected chi connectivity index (χ1v) is 12.8. The number of anilines is 1. The van der Waals surface area contributed by atoms with Crippen LogP contribution in [0, 0.1) is 11.5 Å². The summed E-state index contributed by atoms with van der Waals surface area (Å²) in [5, 5.41) is 0. The molecule has 1 fully saturated rings. The van der Waals surface area contributed by atoms with E-state index in [0.29, 0.717) is 31.7 Å². The summed E-state index contributed by atoms with van der Waals surface area (Å²) in [6, 6.07) is 5.75. The minimum absolute atomic E-state index is 0.273. The van der Waals surface area contributed by atoms with Crippen LogP contribution in [0.4, 0.5) is 10.5 Å². The minimum Gasteiger partial charge on any atom is -0.444 e. The third-order valence-electron chi connectivity index (χ3n) is 3.95. The Bertz CT molecular complexity index is 758. The molecule has 0 radical (unpaired) electrons. The first kappa shape index (κ1) is 21.0. The highest BCUT2D eigenvalue weighted by atomic mass is 28.3. The van der Waals surface area contributed by atoms with E-state index in [1.165, 1.54) is 0 Å². The maximum atomic E-state index is 12.2. The quantitative estimate of drug-likeness (QED) is 0.441. The van der Waals surface area contributed by atoms with E-state index in [4.69, 9.17) is 4.74 Å². The highest BCUT2D eigenvalue weighted by Gasteiger charge is 2.26. The molecule has 27 heavy (non-hydrogen) atoms. The number of benzene rings is 1. The zero-order valence-corrected chi connectivity index (χ0v) is 18.3. The van der Waals surface area contributed by atoms with Crippen LogP contribution >= 0.6 is 0 Å². The van der Waals surface area contributed by atoms with Crippen molar-refractivity contribution in [2.45, 2.75) is 46.0 Å². The highest BCUT2D eigenvalue weighted by molar-refractivity contribution is 6.83. The van der Waals surface area contributed by atoms with E-state index in [2.05, 4.69) is 36.0 Å². The van der Waals surface area contributed by atoms with Gasteiger partial charge < -0.3 is 14.5 Å². The second-order valence-electron chi connectivity index (χ2n) is 8.89. The van der Waals surface area contributed by atoms with Crippen LogP contribution in [0.1, 0.15) is 36.7 Å². The van der Waals surface area contributed by atoms with E-state index in [-0.39, 0.29) is 6.09 Å². The highest BCUT2D eigenvalue weighted by Crippen LogP contribution is 2.21. The van der Waals surface area contributed by atoms with Gasteiger partial charge in [-0.2, -0.15) is 0 Å². The number of rotatable bonds is 2. The van der Waals surface area contributed by atoms with Gasteiger partial charge in [0.1, 0.15) is 20.0 Å². The zero-order valence-electron chi connectivity index (χ0n) is 17.3. The molecule has 1 aromatic carbocycles. The molecule has 1 amide bonds. The summed E-state index contributed by atoms with van der Waals surface area (Å²) in [6.07, 6.45) is 0.589. The van der Waals surface area contributed by atoms with Crippen molar-refractivity contribution in [3.8, 4) is 11.5 Å². The summed E-state index contributed by atoms with van der Waals surface area (Å²) in [5.74, 6) is 3.23. The van der Waals surface area contributed by atoms with E-state index in [1.54, 1.807) is 4.90 Å². The molecule has 0 N–H and O–H groups in total. The van der Waals surface area contributed by atoms with Crippen molar-refractivity contribution in [3.63, 3.8) is 0 Å². The number of aldehydes is 1. The number of nitrogens with zero attached hydrogens (tertiary/aromatic N) is 2. The minimum atomic E-state index is -1.49. The molecule has 0 spiro atoms. The van der Waals surface area contributed by atoms with E-state index < -0.39 is 13.7 Å². The third-order valence-corrected chi connectivity index (χ3v) is 4.83. The van der Waals surface area contributed by atoms with Gasteiger partial charge in [-0.15, -0.1) is 5.54 Å². The lowest BCUT2D eigenvalue weighted by molar-refractivity contribution is 0.0240. The number of carbonyl (C=O) groups excluding carboxylic acids is 2. The number of piperazine rings is 1. The Kier molecular flexibility index (Phi) is 6.37. The molecule has 0 unspecified atom stereocenters. The molecule has 0 aromatic heterocycles. The van der Waals surface area contributed by atoms with Crippen LogP contribution in [0.3, 0.4) is 0 Å². The SMILES string of the molecule is CC(C)(C)OC(=O)N1CCN(c2cc(C#C[Si](C)(C)C)cc(C=O)c2)CC1. The molecule has 1 aliphatic rings. The van der Waals surface area contributed by atoms with Gasteiger partial charge in [-0.05, 0) is 39.0 Å². The Labute approximate surface area is 163 Å². The first-order valence-electron chi connectivity index (χ1n) is 9.33. The maximum Gasteiger partial charge on any atom is 0.410 e. The van der Waals surface area contributed by atoms with Crippen LogP contribution in [-0.2, 0) is 4.74 Å². The molecular weight excluding hydrogens is 356 g/mol. The average molecular weight is 387 g/mol. The van der Waals surface area contributed by atoms with Gasteiger partial charge in [-0.3, -0.25) is 4.79 Å². The van der Waals surface area contributed by atoms with Crippen molar-refractivity contribution in [3.05, 3.63) is 29.3 Å². The van der Waals surface area contributed by atoms with Crippen molar-refractivity contribution in [1.29, 1.82) is 0 Å². The van der Waals surface area contributed by atoms with E-state index in [0.717, 1.165) is 17.5 Å². The summed E-state index contributed by atoms with van der Waals surface area (Å²) < 4.78 is 5.45. The summed E-state index contributed by atoms with van der Waals surface area (Å²) in [6.45, 7) is 14.8. The van der Waals surface area contributed by atoms with Gasteiger partial charge in [-0.1, -0.05) is 25.6 Å². The normalized spacial score (nSPS) is 15.0. The van der Waals surface area contributed by atoms with E-state index in [1.807, 2.05) is 39.0 Å². The summed E-state index contributed by atoms with van der Waals surface area (Å²) in [7, 11) is -1.49. The Hall–Kier alpha value is -2.26. The molecule has 0 saturated carbocycles. The van der Waals surface area contributed by atoms with Crippen molar-refractivity contribution >= 4 is 26.1 Å². The van der Waals surface area contributed by atoms with Crippen molar-refractivity contribution < 1.29 is 14.3 Å². The Morgan fingerprint density at radius 2 is 1.74 bits per heavy atom. The predicted octanol–water partition coefficient (Wildman–Crippen LogP) is 3.79. The van der Waals surface area contributed by atoms with Crippen molar-refractivity contribution in [2.24, 2.45) is 0 Å². The van der Waals surface area contributed by atoms with E-state index in [9.17, 15) is 9.59 Å². The lowest BCUT2D eigenvalue weighted by Gasteiger charge is -2.36. The fourth-order valence-corrected chi connectivity index (χ4v) is 3.21. The maximum absolute atomic E-state index is 12.2. The summed E-state index contributed by atoms with van der Waals surface area (Å²) >= 11 is 0. The Balaban J connectivity index is 2.12. The molecule has 2 rings (SSSR count). The average Bonchev–Trinajstić information content (AvgIpc) is 2.57. The number of amides is 1. The molecule has 0 aliphatic carbocycles. The fourth-order valence-electron chi connectivity index (χ4n) is 2.69. The Morgan fingerprint density at radius 3 is 2.26 bits per heavy atom. The van der Waals surface area contributed by atoms with Crippen LogP contribution in [-0.4, -0.2) is 57.1 Å². The van der Waals surface area contributed by atoms with Crippen LogP contribution in [0.5, 0.6) is 0 Å².